The molecule has 0 atom stereocenters. The Bertz CT molecular complexity index is 33.8. The summed E-state index contributed by atoms with van der Waals surface area (Å²) in [6.07, 6.45) is -2.33. The predicted molar refractivity (Wildman–Crippen MR) is 11.1 cm³/mol. The van der Waals surface area contributed by atoms with Crippen molar-refractivity contribution in [1.29, 1.82) is 0 Å². The molecule has 0 fully saturated rings. The van der Waals surface area contributed by atoms with Gasteiger partial charge in [-0.2, -0.15) is 0 Å². The number of rotatable bonds is 0. The van der Waals surface area contributed by atoms with Crippen LogP contribution in [0.4, 0.5) is 4.79 Å². The topological polar surface area (TPSA) is 63.2 Å². The van der Waals surface area contributed by atoms with Crippen molar-refractivity contribution >= 4 is 43.9 Å². The van der Waals surface area contributed by atoms with Gasteiger partial charge >= 0.3 is 37.7 Å². The molecule has 0 unspecified atom stereocenters. The molecule has 0 amide bonds. The first-order valence-electron chi connectivity index (χ1n) is 0.612. The molecule has 0 aliphatic heterocycles. The second-order valence-corrected chi connectivity index (χ2v) is 0.250. The van der Waals surface area contributed by atoms with Crippen molar-refractivity contribution in [2.24, 2.45) is 0 Å². The fraction of sp³-hybridized carbons (Fsp3) is 0. The molecular formula is CCaO3Ru. The van der Waals surface area contributed by atoms with Gasteiger partial charge in [-0.1, -0.05) is 0 Å². The Kier molecular flexibility index (Phi) is 24.8. The third kappa shape index (κ3) is 66.8. The Hall–Kier alpha value is 1.15. The number of carbonyl (C=O) groups excluding carboxylic acids is 1. The average molecular weight is 201 g/mol. The van der Waals surface area contributed by atoms with E-state index >= 15 is 0 Å². The molecule has 0 aliphatic carbocycles. The minimum absolute atomic E-state index is 0. The monoisotopic (exact) mass is 202 g/mol. The second kappa shape index (κ2) is 9.47. The van der Waals surface area contributed by atoms with E-state index in [9.17, 15) is 0 Å². The fourth-order valence-corrected chi connectivity index (χ4v) is 0. The van der Waals surface area contributed by atoms with Gasteiger partial charge in [-0.25, -0.2) is 0 Å². The maximum atomic E-state index is 8.33. The summed E-state index contributed by atoms with van der Waals surface area (Å²) in [7, 11) is 0. The molecule has 0 saturated carbocycles. The standard InChI is InChI=1S/CH2O3.Ca.Ru/c2-1(3)4;;/h(H2,2,3,4);;/q;+2;/p-2. The van der Waals surface area contributed by atoms with Gasteiger partial charge < -0.3 is 15.0 Å². The predicted octanol–water partition coefficient (Wildman–Crippen LogP) is -2.83. The molecule has 6 heavy (non-hydrogen) atoms. The maximum Gasteiger partial charge on any atom is 2.00 e. The number of carboxylic acid groups (broad SMARTS) is 2. The van der Waals surface area contributed by atoms with Crippen LogP contribution >= 0.6 is 0 Å². The van der Waals surface area contributed by atoms with Gasteiger partial charge in [0.05, 0.1) is 0 Å². The summed E-state index contributed by atoms with van der Waals surface area (Å²) in [6, 6.07) is 0. The Labute approximate surface area is 77.5 Å². The van der Waals surface area contributed by atoms with Crippen LogP contribution in [0.1, 0.15) is 0 Å². The molecule has 3 nitrogen and oxygen atoms in total. The fourth-order valence-electron chi connectivity index (χ4n) is 0. The smallest absolute Gasteiger partial charge is 0.652 e. The molecule has 0 N–H and O–H groups in total. The molecule has 0 heterocycles. The zero-order valence-corrected chi connectivity index (χ0v) is 6.73. The average Bonchev–Trinajstić information content (AvgIpc) is 0.811. The SMILES string of the molecule is O=C([O-])[O-].[Ca+2].[Ru]. The van der Waals surface area contributed by atoms with Crippen LogP contribution in [0.5, 0.6) is 0 Å². The van der Waals surface area contributed by atoms with Gasteiger partial charge in [-0.15, -0.1) is 0 Å². The Balaban J connectivity index is -0.0000000450. The largest absolute Gasteiger partial charge is 2.00 e. The van der Waals surface area contributed by atoms with E-state index in [0.717, 1.165) is 0 Å². The van der Waals surface area contributed by atoms with E-state index in [1.54, 1.807) is 0 Å². The molecule has 0 aromatic heterocycles. The molecule has 32 valence electrons. The van der Waals surface area contributed by atoms with Crippen molar-refractivity contribution in [1.82, 2.24) is 0 Å². The molecule has 5 heteroatoms. The molecule has 0 spiro atoms. The van der Waals surface area contributed by atoms with Crippen LogP contribution < -0.4 is 10.2 Å². The van der Waals surface area contributed by atoms with Crippen LogP contribution in [-0.4, -0.2) is 43.9 Å². The summed E-state index contributed by atoms with van der Waals surface area (Å²) in [5.74, 6) is 0. The minimum Gasteiger partial charge on any atom is -0.652 e. The van der Waals surface area contributed by atoms with Gasteiger partial charge in [0.15, 0.2) is 0 Å². The molecule has 0 saturated heterocycles. The van der Waals surface area contributed by atoms with Crippen LogP contribution in [0.15, 0.2) is 0 Å². The van der Waals surface area contributed by atoms with Crippen LogP contribution in [0.2, 0.25) is 0 Å². The van der Waals surface area contributed by atoms with E-state index in [0.29, 0.717) is 0 Å². The van der Waals surface area contributed by atoms with Crippen LogP contribution in [0.25, 0.3) is 0 Å². The van der Waals surface area contributed by atoms with Gasteiger partial charge in [0, 0.05) is 19.5 Å². The summed E-state index contributed by atoms with van der Waals surface area (Å²) in [4.78, 5) is 8.33. The third-order valence-electron chi connectivity index (χ3n) is 0. The van der Waals surface area contributed by atoms with Crippen molar-refractivity contribution in [2.45, 2.75) is 0 Å². The van der Waals surface area contributed by atoms with Crippen molar-refractivity contribution in [2.75, 3.05) is 0 Å². The van der Waals surface area contributed by atoms with Crippen molar-refractivity contribution in [3.05, 3.63) is 0 Å². The van der Waals surface area contributed by atoms with Gasteiger partial charge in [-0.05, 0) is 6.16 Å². The Morgan fingerprint density at radius 1 is 1.33 bits per heavy atom. The van der Waals surface area contributed by atoms with Crippen molar-refractivity contribution < 1.29 is 34.5 Å². The number of hydrogen-bond acceptors (Lipinski definition) is 3. The van der Waals surface area contributed by atoms with E-state index < -0.39 is 6.16 Å². The van der Waals surface area contributed by atoms with E-state index in [2.05, 4.69) is 0 Å². The molecule has 0 aromatic carbocycles. The van der Waals surface area contributed by atoms with Gasteiger partial charge in [0.2, 0.25) is 0 Å². The van der Waals surface area contributed by atoms with Crippen molar-refractivity contribution in [3.8, 4) is 0 Å². The quantitative estimate of drug-likeness (QED) is 0.397. The zero-order chi connectivity index (χ0) is 3.58. The van der Waals surface area contributed by atoms with E-state index in [4.69, 9.17) is 15.0 Å². The Morgan fingerprint density at radius 2 is 1.33 bits per heavy atom. The summed E-state index contributed by atoms with van der Waals surface area (Å²) in [5, 5.41) is 16.7. The van der Waals surface area contributed by atoms with Gasteiger partial charge in [0.25, 0.3) is 0 Å². The van der Waals surface area contributed by atoms with Gasteiger partial charge in [-0.3, -0.25) is 0 Å². The van der Waals surface area contributed by atoms with Crippen LogP contribution in [0.3, 0.4) is 0 Å². The molecule has 0 rings (SSSR count). The molecule has 0 aromatic rings. The summed E-state index contributed by atoms with van der Waals surface area (Å²) < 4.78 is 0. The normalized spacial score (nSPS) is 4.00. The minimum atomic E-state index is -2.33. The second-order valence-electron chi connectivity index (χ2n) is 0.250. The van der Waals surface area contributed by atoms with E-state index in [-0.39, 0.29) is 57.2 Å². The molecular weight excluding hydrogens is 201 g/mol. The number of carbonyl (C=O) groups is 1. The third-order valence-corrected chi connectivity index (χ3v) is 0. The number of hydrogen-bond donors (Lipinski definition) is 0. The van der Waals surface area contributed by atoms with E-state index in [1.165, 1.54) is 0 Å². The summed E-state index contributed by atoms with van der Waals surface area (Å²) in [5.41, 5.74) is 0. The maximum absolute atomic E-state index is 8.33. The first-order valence-corrected chi connectivity index (χ1v) is 0.612. The molecule has 0 aliphatic rings. The molecule has 0 bridgehead atoms. The molecule has 0 radical (unpaired) electrons. The van der Waals surface area contributed by atoms with Gasteiger partial charge in [0.1, 0.15) is 0 Å². The summed E-state index contributed by atoms with van der Waals surface area (Å²) in [6.45, 7) is 0. The van der Waals surface area contributed by atoms with Crippen LogP contribution in [0, 0.1) is 0 Å². The summed E-state index contributed by atoms with van der Waals surface area (Å²) >= 11 is 0. The zero-order valence-electron chi connectivity index (χ0n) is 2.79. The first kappa shape index (κ1) is 15.7. The van der Waals surface area contributed by atoms with E-state index in [1.807, 2.05) is 0 Å². The first-order chi connectivity index (χ1) is 1.73. The Morgan fingerprint density at radius 3 is 1.33 bits per heavy atom. The van der Waals surface area contributed by atoms with Crippen molar-refractivity contribution in [3.63, 3.8) is 0 Å². The van der Waals surface area contributed by atoms with Crippen LogP contribution in [-0.2, 0) is 19.5 Å².